The lowest BCUT2D eigenvalue weighted by molar-refractivity contribution is -0.385. The summed E-state index contributed by atoms with van der Waals surface area (Å²) in [5, 5.41) is 22.3. The second-order valence-electron chi connectivity index (χ2n) is 3.82. The Hall–Kier alpha value is -2.45. The number of thiophene rings is 1. The van der Waals surface area contributed by atoms with E-state index in [1.54, 1.807) is 0 Å². The zero-order chi connectivity index (χ0) is 15.6. The number of carboxylic acid groups (broad SMARTS) is 1. The van der Waals surface area contributed by atoms with Gasteiger partial charge in [-0.25, -0.2) is 4.79 Å². The molecule has 21 heavy (non-hydrogen) atoms. The first-order valence-corrected chi connectivity index (χ1v) is 6.67. The number of rotatable bonds is 4. The zero-order valence-electron chi connectivity index (χ0n) is 10.2. The van der Waals surface area contributed by atoms with Crippen LogP contribution < -0.4 is 5.32 Å². The van der Waals surface area contributed by atoms with Gasteiger partial charge in [0, 0.05) is 0 Å². The molecule has 0 aliphatic carbocycles. The van der Waals surface area contributed by atoms with Crippen LogP contribution in [-0.2, 0) is 0 Å². The Kier molecular flexibility index (Phi) is 4.20. The van der Waals surface area contributed by atoms with Crippen molar-refractivity contribution in [2.24, 2.45) is 0 Å². The number of carbonyl (C=O) groups is 2. The van der Waals surface area contributed by atoms with E-state index >= 15 is 0 Å². The molecule has 1 heterocycles. The van der Waals surface area contributed by atoms with Crippen molar-refractivity contribution < 1.29 is 19.6 Å². The van der Waals surface area contributed by atoms with E-state index < -0.39 is 22.5 Å². The van der Waals surface area contributed by atoms with E-state index in [-0.39, 0.29) is 20.5 Å². The van der Waals surface area contributed by atoms with Gasteiger partial charge in [-0.3, -0.25) is 14.9 Å². The van der Waals surface area contributed by atoms with Crippen LogP contribution >= 0.6 is 22.9 Å². The van der Waals surface area contributed by atoms with E-state index in [2.05, 4.69) is 5.32 Å². The highest BCUT2D eigenvalue weighted by molar-refractivity contribution is 7.18. The number of nitrogens with zero attached hydrogens (tertiary/aromatic N) is 1. The molecule has 1 aromatic carbocycles. The molecule has 2 aromatic rings. The lowest BCUT2D eigenvalue weighted by Crippen LogP contribution is -2.13. The Morgan fingerprint density at radius 3 is 2.57 bits per heavy atom. The summed E-state index contributed by atoms with van der Waals surface area (Å²) in [6, 6.07) is 6.73. The summed E-state index contributed by atoms with van der Waals surface area (Å²) in [4.78, 5) is 33.1. The van der Waals surface area contributed by atoms with Gasteiger partial charge in [-0.2, -0.15) is 0 Å². The molecule has 0 fully saturated rings. The quantitative estimate of drug-likeness (QED) is 0.662. The lowest BCUT2D eigenvalue weighted by atomic mass is 10.1. The SMILES string of the molecule is O=C(O)c1ccc(NC(=O)c2cccc(Cl)c2[N+](=O)[O-])s1. The topological polar surface area (TPSA) is 110 Å². The first kappa shape index (κ1) is 14.9. The Bertz CT molecular complexity index is 743. The average molecular weight is 327 g/mol. The van der Waals surface area contributed by atoms with Gasteiger partial charge in [0.1, 0.15) is 15.5 Å². The van der Waals surface area contributed by atoms with E-state index in [1.807, 2.05) is 0 Å². The molecule has 0 unspecified atom stereocenters. The zero-order valence-corrected chi connectivity index (χ0v) is 11.8. The van der Waals surface area contributed by atoms with Gasteiger partial charge in [0.25, 0.3) is 5.91 Å². The summed E-state index contributed by atoms with van der Waals surface area (Å²) < 4.78 is 0. The molecule has 2 N–H and O–H groups in total. The number of nitrogens with one attached hydrogen (secondary N) is 1. The average Bonchev–Trinajstić information content (AvgIpc) is 2.86. The largest absolute Gasteiger partial charge is 0.477 e. The first-order valence-electron chi connectivity index (χ1n) is 5.47. The summed E-state index contributed by atoms with van der Waals surface area (Å²) in [6.45, 7) is 0. The van der Waals surface area contributed by atoms with Crippen LogP contribution in [0.5, 0.6) is 0 Å². The van der Waals surface area contributed by atoms with Gasteiger partial charge in [0.15, 0.2) is 0 Å². The summed E-state index contributed by atoms with van der Waals surface area (Å²) >= 11 is 6.57. The maximum atomic E-state index is 12.1. The van der Waals surface area contributed by atoms with Crippen LogP contribution in [0.15, 0.2) is 30.3 Å². The van der Waals surface area contributed by atoms with Crippen LogP contribution in [0.3, 0.4) is 0 Å². The Morgan fingerprint density at radius 2 is 2.00 bits per heavy atom. The molecule has 0 aliphatic rings. The van der Waals surface area contributed by atoms with Crippen LogP contribution in [0.2, 0.25) is 5.02 Å². The van der Waals surface area contributed by atoms with Gasteiger partial charge in [-0.05, 0) is 24.3 Å². The molecule has 9 heteroatoms. The van der Waals surface area contributed by atoms with Crippen molar-refractivity contribution in [2.75, 3.05) is 5.32 Å². The van der Waals surface area contributed by atoms with Crippen molar-refractivity contribution in [1.29, 1.82) is 0 Å². The van der Waals surface area contributed by atoms with Crippen molar-refractivity contribution in [1.82, 2.24) is 0 Å². The van der Waals surface area contributed by atoms with Gasteiger partial charge >= 0.3 is 11.7 Å². The number of nitro benzene ring substituents is 1. The molecule has 1 amide bonds. The summed E-state index contributed by atoms with van der Waals surface area (Å²) in [7, 11) is 0. The maximum absolute atomic E-state index is 12.1. The summed E-state index contributed by atoms with van der Waals surface area (Å²) in [6.07, 6.45) is 0. The van der Waals surface area contributed by atoms with Crippen molar-refractivity contribution in [3.8, 4) is 0 Å². The third-order valence-corrected chi connectivity index (χ3v) is 3.76. The number of hydrogen-bond acceptors (Lipinski definition) is 5. The molecule has 0 radical (unpaired) electrons. The number of halogens is 1. The Morgan fingerprint density at radius 1 is 1.29 bits per heavy atom. The highest BCUT2D eigenvalue weighted by Gasteiger charge is 2.24. The van der Waals surface area contributed by atoms with E-state index in [0.29, 0.717) is 0 Å². The molecule has 108 valence electrons. The first-order chi connectivity index (χ1) is 9.90. The number of carbonyl (C=O) groups excluding carboxylic acids is 1. The molecule has 2 rings (SSSR count). The predicted octanol–water partition coefficient (Wildman–Crippen LogP) is 3.26. The fourth-order valence-corrected chi connectivity index (χ4v) is 2.57. The predicted molar refractivity (Wildman–Crippen MR) is 77.3 cm³/mol. The summed E-state index contributed by atoms with van der Waals surface area (Å²) in [5.74, 6) is -1.85. The van der Waals surface area contributed by atoms with Gasteiger partial charge in [0.05, 0.1) is 9.92 Å². The molecule has 0 saturated heterocycles. The molecule has 7 nitrogen and oxygen atoms in total. The molecule has 0 aliphatic heterocycles. The smallest absolute Gasteiger partial charge is 0.345 e. The van der Waals surface area contributed by atoms with Crippen LogP contribution in [-0.4, -0.2) is 21.9 Å². The number of benzene rings is 1. The van der Waals surface area contributed by atoms with Gasteiger partial charge in [-0.15, -0.1) is 11.3 Å². The monoisotopic (exact) mass is 326 g/mol. The van der Waals surface area contributed by atoms with Gasteiger partial charge in [0.2, 0.25) is 0 Å². The second-order valence-corrected chi connectivity index (χ2v) is 5.31. The number of carboxylic acids is 1. The van der Waals surface area contributed by atoms with E-state index in [4.69, 9.17) is 16.7 Å². The van der Waals surface area contributed by atoms with Crippen molar-refractivity contribution in [2.45, 2.75) is 0 Å². The standard InChI is InChI=1S/C12H7ClN2O5S/c13-7-3-1-2-6(10(7)15(19)20)11(16)14-9-5-4-8(21-9)12(17)18/h1-5H,(H,14,16)(H,17,18). The van der Waals surface area contributed by atoms with Crippen LogP contribution in [0, 0.1) is 10.1 Å². The van der Waals surface area contributed by atoms with Crippen LogP contribution in [0.1, 0.15) is 20.0 Å². The van der Waals surface area contributed by atoms with Crippen LogP contribution in [0.4, 0.5) is 10.7 Å². The summed E-state index contributed by atoms with van der Waals surface area (Å²) in [5.41, 5.74) is -0.690. The van der Waals surface area contributed by atoms with Crippen molar-refractivity contribution >= 4 is 45.5 Å². The second kappa shape index (κ2) is 5.90. The molecule has 1 aromatic heterocycles. The van der Waals surface area contributed by atoms with Crippen molar-refractivity contribution in [3.05, 3.63) is 55.9 Å². The number of nitro groups is 1. The lowest BCUT2D eigenvalue weighted by Gasteiger charge is -2.04. The van der Waals surface area contributed by atoms with E-state index in [9.17, 15) is 19.7 Å². The number of aromatic carboxylic acids is 1. The number of anilines is 1. The fourth-order valence-electron chi connectivity index (χ4n) is 1.58. The minimum absolute atomic E-state index is 0.0471. The molecular weight excluding hydrogens is 320 g/mol. The number of para-hydroxylation sites is 1. The van der Waals surface area contributed by atoms with Crippen molar-refractivity contribution in [3.63, 3.8) is 0 Å². The highest BCUT2D eigenvalue weighted by atomic mass is 35.5. The third kappa shape index (κ3) is 3.18. The Balaban J connectivity index is 2.30. The van der Waals surface area contributed by atoms with Gasteiger partial charge in [-0.1, -0.05) is 17.7 Å². The Labute approximate surface area is 126 Å². The number of amides is 1. The fraction of sp³-hybridized carbons (Fsp3) is 0. The molecule has 0 saturated carbocycles. The van der Waals surface area contributed by atoms with E-state index in [1.165, 1.54) is 30.3 Å². The van der Waals surface area contributed by atoms with Crippen LogP contribution in [0.25, 0.3) is 0 Å². The third-order valence-electron chi connectivity index (χ3n) is 2.47. The molecule has 0 bridgehead atoms. The molecule has 0 spiro atoms. The van der Waals surface area contributed by atoms with E-state index in [0.717, 1.165) is 11.3 Å². The highest BCUT2D eigenvalue weighted by Crippen LogP contribution is 2.29. The minimum atomic E-state index is -1.12. The minimum Gasteiger partial charge on any atom is -0.477 e. The van der Waals surface area contributed by atoms with Gasteiger partial charge < -0.3 is 10.4 Å². The maximum Gasteiger partial charge on any atom is 0.345 e. The molecule has 0 atom stereocenters. The normalized spacial score (nSPS) is 10.1. The molecular formula is C12H7ClN2O5S. The number of hydrogen-bond donors (Lipinski definition) is 2.